The van der Waals surface area contributed by atoms with Crippen LogP contribution in [0.5, 0.6) is 0 Å². The molecule has 0 radical (unpaired) electrons. The van der Waals surface area contributed by atoms with Gasteiger partial charge in [0, 0.05) is 24.3 Å². The Bertz CT molecular complexity index is 1260. The number of hydrogen-bond acceptors (Lipinski definition) is 8. The van der Waals surface area contributed by atoms with Crippen LogP contribution in [0.4, 0.5) is 10.8 Å². The van der Waals surface area contributed by atoms with Crippen LogP contribution in [0, 0.1) is 6.92 Å². The number of carbonyl (C=O) groups is 2. The molecule has 180 valence electrons. The number of amides is 2. The van der Waals surface area contributed by atoms with Gasteiger partial charge in [0.2, 0.25) is 21.1 Å². The monoisotopic (exact) mass is 519 g/mol. The molecule has 1 aromatic heterocycles. The predicted octanol–water partition coefficient (Wildman–Crippen LogP) is 3.86. The van der Waals surface area contributed by atoms with Crippen molar-refractivity contribution in [1.29, 1.82) is 0 Å². The number of nitrogens with zero attached hydrogens (tertiary/aromatic N) is 3. The molecule has 0 aliphatic carbocycles. The fraction of sp³-hybridized carbons (Fsp3) is 0.273. The molecule has 3 aromatic rings. The van der Waals surface area contributed by atoms with E-state index >= 15 is 0 Å². The van der Waals surface area contributed by atoms with E-state index in [1.807, 2.05) is 31.2 Å². The smallest absolute Gasteiger partial charge is 0.257 e. The molecule has 0 fully saturated rings. The number of anilines is 2. The zero-order valence-electron chi connectivity index (χ0n) is 18.9. The Morgan fingerprint density at radius 2 is 1.74 bits per heavy atom. The summed E-state index contributed by atoms with van der Waals surface area (Å²) in [5.41, 5.74) is 2.07. The van der Waals surface area contributed by atoms with Crippen LogP contribution in [0.3, 0.4) is 0 Å². The Morgan fingerprint density at radius 3 is 2.38 bits per heavy atom. The number of thioether (sulfide) groups is 1. The topological polar surface area (TPSA) is 121 Å². The van der Waals surface area contributed by atoms with Crippen LogP contribution in [0.2, 0.25) is 0 Å². The zero-order valence-corrected chi connectivity index (χ0v) is 21.4. The standard InChI is InChI=1S/C22H25N5O4S3/c1-4-27(5-2)34(30,31)18-11-9-16(10-12-18)20(29)24-21-25-26-22(33-21)32-14-19(28)23-17-8-6-7-15(3)13-17/h6-13H,4-5,14H2,1-3H3,(H,23,28)(H,24,25,29). The number of aromatic nitrogens is 2. The summed E-state index contributed by atoms with van der Waals surface area (Å²) < 4.78 is 27.0. The molecule has 2 amide bonds. The lowest BCUT2D eigenvalue weighted by atomic mass is 10.2. The third-order valence-electron chi connectivity index (χ3n) is 4.72. The summed E-state index contributed by atoms with van der Waals surface area (Å²) in [6.07, 6.45) is 0. The van der Waals surface area contributed by atoms with E-state index in [0.717, 1.165) is 22.6 Å². The minimum atomic E-state index is -3.59. The third-order valence-corrected chi connectivity index (χ3v) is 8.75. The molecular weight excluding hydrogens is 494 g/mol. The SMILES string of the molecule is CCN(CC)S(=O)(=O)c1ccc(C(=O)Nc2nnc(SCC(=O)Nc3cccc(C)c3)s2)cc1. The first-order valence-corrected chi connectivity index (χ1v) is 13.7. The molecule has 0 aliphatic rings. The predicted molar refractivity (Wildman–Crippen MR) is 135 cm³/mol. The molecule has 0 atom stereocenters. The summed E-state index contributed by atoms with van der Waals surface area (Å²) in [4.78, 5) is 24.8. The van der Waals surface area contributed by atoms with Crippen molar-refractivity contribution in [1.82, 2.24) is 14.5 Å². The fourth-order valence-corrected chi connectivity index (χ4v) is 6.03. The molecule has 2 N–H and O–H groups in total. The van der Waals surface area contributed by atoms with Gasteiger partial charge in [0.15, 0.2) is 4.34 Å². The summed E-state index contributed by atoms with van der Waals surface area (Å²) in [7, 11) is -3.59. The molecular formula is C22H25N5O4S3. The number of hydrogen-bond donors (Lipinski definition) is 2. The fourth-order valence-electron chi connectivity index (χ4n) is 3.03. The van der Waals surface area contributed by atoms with Crippen LogP contribution in [0.1, 0.15) is 29.8 Å². The number of aryl methyl sites for hydroxylation is 1. The van der Waals surface area contributed by atoms with E-state index in [-0.39, 0.29) is 21.7 Å². The Balaban J connectivity index is 1.55. The van der Waals surface area contributed by atoms with Crippen LogP contribution in [-0.2, 0) is 14.8 Å². The Hall–Kier alpha value is -2.80. The van der Waals surface area contributed by atoms with E-state index in [9.17, 15) is 18.0 Å². The van der Waals surface area contributed by atoms with E-state index in [0.29, 0.717) is 23.0 Å². The van der Waals surface area contributed by atoms with Gasteiger partial charge >= 0.3 is 0 Å². The van der Waals surface area contributed by atoms with Gasteiger partial charge in [-0.3, -0.25) is 14.9 Å². The molecule has 0 aliphatic heterocycles. The van der Waals surface area contributed by atoms with Crippen LogP contribution in [0.15, 0.2) is 57.8 Å². The van der Waals surface area contributed by atoms with Crippen molar-refractivity contribution in [3.05, 3.63) is 59.7 Å². The Morgan fingerprint density at radius 1 is 1.03 bits per heavy atom. The number of benzene rings is 2. The van der Waals surface area contributed by atoms with Crippen molar-refractivity contribution >= 4 is 55.8 Å². The van der Waals surface area contributed by atoms with E-state index in [1.54, 1.807) is 13.8 Å². The number of rotatable bonds is 10. The van der Waals surface area contributed by atoms with Crippen molar-refractivity contribution in [2.75, 3.05) is 29.5 Å². The molecule has 0 unspecified atom stereocenters. The highest BCUT2D eigenvalue weighted by molar-refractivity contribution is 8.01. The molecule has 1 heterocycles. The summed E-state index contributed by atoms with van der Waals surface area (Å²) in [6, 6.07) is 13.3. The third kappa shape index (κ3) is 6.63. The maximum Gasteiger partial charge on any atom is 0.257 e. The van der Waals surface area contributed by atoms with E-state index < -0.39 is 15.9 Å². The first kappa shape index (κ1) is 25.8. The van der Waals surface area contributed by atoms with E-state index in [4.69, 9.17) is 0 Å². The quantitative estimate of drug-likeness (QED) is 0.308. The minimum absolute atomic E-state index is 0.131. The van der Waals surface area contributed by atoms with Gasteiger partial charge in [-0.1, -0.05) is 49.1 Å². The van der Waals surface area contributed by atoms with Gasteiger partial charge < -0.3 is 5.32 Å². The lowest BCUT2D eigenvalue weighted by molar-refractivity contribution is -0.113. The minimum Gasteiger partial charge on any atom is -0.325 e. The van der Waals surface area contributed by atoms with Gasteiger partial charge in [-0.25, -0.2) is 8.42 Å². The second kappa shape index (κ2) is 11.6. The second-order valence-corrected chi connectivity index (χ2v) is 11.3. The highest BCUT2D eigenvalue weighted by atomic mass is 32.2. The van der Waals surface area contributed by atoms with Gasteiger partial charge in [-0.2, -0.15) is 4.31 Å². The van der Waals surface area contributed by atoms with Crippen molar-refractivity contribution < 1.29 is 18.0 Å². The maximum absolute atomic E-state index is 12.6. The molecule has 9 nitrogen and oxygen atoms in total. The van der Waals surface area contributed by atoms with Gasteiger partial charge in [-0.05, 0) is 48.9 Å². The van der Waals surface area contributed by atoms with Gasteiger partial charge in [0.25, 0.3) is 5.91 Å². The molecule has 3 rings (SSSR count). The van der Waals surface area contributed by atoms with Crippen LogP contribution in [0.25, 0.3) is 0 Å². The first-order valence-electron chi connectivity index (χ1n) is 10.5. The lowest BCUT2D eigenvalue weighted by Gasteiger charge is -2.18. The number of carbonyl (C=O) groups excluding carboxylic acids is 2. The first-order chi connectivity index (χ1) is 16.2. The lowest BCUT2D eigenvalue weighted by Crippen LogP contribution is -2.30. The molecule has 34 heavy (non-hydrogen) atoms. The van der Waals surface area contributed by atoms with Crippen LogP contribution < -0.4 is 10.6 Å². The normalized spacial score (nSPS) is 11.4. The highest BCUT2D eigenvalue weighted by Gasteiger charge is 2.22. The molecule has 2 aromatic carbocycles. The second-order valence-electron chi connectivity index (χ2n) is 7.15. The van der Waals surface area contributed by atoms with Crippen molar-refractivity contribution in [2.45, 2.75) is 30.0 Å². The van der Waals surface area contributed by atoms with Gasteiger partial charge in [0.05, 0.1) is 10.6 Å². The summed E-state index contributed by atoms with van der Waals surface area (Å²) >= 11 is 2.37. The summed E-state index contributed by atoms with van der Waals surface area (Å²) in [6.45, 7) is 6.23. The highest BCUT2D eigenvalue weighted by Crippen LogP contribution is 2.26. The van der Waals surface area contributed by atoms with Crippen LogP contribution >= 0.6 is 23.1 Å². The van der Waals surface area contributed by atoms with E-state index in [1.165, 1.54) is 40.3 Å². The Labute approximate surface area is 207 Å². The van der Waals surface area contributed by atoms with Gasteiger partial charge in [0.1, 0.15) is 0 Å². The zero-order chi connectivity index (χ0) is 24.7. The maximum atomic E-state index is 12.6. The summed E-state index contributed by atoms with van der Waals surface area (Å²) in [5.74, 6) is -0.452. The molecule has 0 saturated heterocycles. The van der Waals surface area contributed by atoms with Gasteiger partial charge in [-0.15, -0.1) is 10.2 Å². The van der Waals surface area contributed by atoms with Crippen molar-refractivity contribution in [3.8, 4) is 0 Å². The van der Waals surface area contributed by atoms with Crippen LogP contribution in [-0.4, -0.2) is 53.6 Å². The van der Waals surface area contributed by atoms with Crippen molar-refractivity contribution in [3.63, 3.8) is 0 Å². The largest absolute Gasteiger partial charge is 0.325 e. The molecule has 0 bridgehead atoms. The average Bonchev–Trinajstić information content (AvgIpc) is 3.25. The van der Waals surface area contributed by atoms with Crippen molar-refractivity contribution in [2.24, 2.45) is 0 Å². The van der Waals surface area contributed by atoms with E-state index in [2.05, 4.69) is 20.8 Å². The molecule has 0 spiro atoms. The Kier molecular flexibility index (Phi) is 8.78. The number of sulfonamides is 1. The molecule has 0 saturated carbocycles. The number of nitrogens with one attached hydrogen (secondary N) is 2. The molecule has 12 heteroatoms. The average molecular weight is 520 g/mol. The summed E-state index contributed by atoms with van der Waals surface area (Å²) in [5, 5.41) is 13.7.